The van der Waals surface area contributed by atoms with Gasteiger partial charge in [-0.2, -0.15) is 0 Å². The zero-order valence-electron chi connectivity index (χ0n) is 9.07. The van der Waals surface area contributed by atoms with Crippen molar-refractivity contribution in [3.05, 3.63) is 45.7 Å². The van der Waals surface area contributed by atoms with Crippen LogP contribution in [0.5, 0.6) is 0 Å². The van der Waals surface area contributed by atoms with E-state index in [9.17, 15) is 9.90 Å². The van der Waals surface area contributed by atoms with Crippen LogP contribution in [0.15, 0.2) is 34.2 Å². The Morgan fingerprint density at radius 2 is 2.19 bits per heavy atom. The number of pyridine rings is 1. The van der Waals surface area contributed by atoms with Gasteiger partial charge >= 0.3 is 0 Å². The molecule has 0 unspecified atom stereocenters. The van der Waals surface area contributed by atoms with Gasteiger partial charge in [0, 0.05) is 30.2 Å². The summed E-state index contributed by atoms with van der Waals surface area (Å²) in [5.74, 6) is -0.274. The molecule has 0 aliphatic heterocycles. The molecule has 4 nitrogen and oxygen atoms in total. The molecule has 0 radical (unpaired) electrons. The van der Waals surface area contributed by atoms with E-state index in [1.165, 1.54) is 13.1 Å². The van der Waals surface area contributed by atoms with Gasteiger partial charge in [0.15, 0.2) is 5.43 Å². The fraction of sp³-hybridized carbons (Fsp3) is 0.167. The summed E-state index contributed by atoms with van der Waals surface area (Å²) in [6.45, 7) is 1.80. The molecule has 0 fully saturated rings. The zero-order chi connectivity index (χ0) is 11.7. The molecule has 82 valence electrons. The summed E-state index contributed by atoms with van der Waals surface area (Å²) in [4.78, 5) is 18.1. The second kappa shape index (κ2) is 3.81. The van der Waals surface area contributed by atoms with Gasteiger partial charge in [0.2, 0.25) is 0 Å². The van der Waals surface area contributed by atoms with Gasteiger partial charge in [0.1, 0.15) is 0 Å². The molecule has 0 bridgehead atoms. The maximum atomic E-state index is 11.6. The van der Waals surface area contributed by atoms with E-state index in [1.807, 2.05) is 0 Å². The number of H-pyrrole nitrogens is 1. The van der Waals surface area contributed by atoms with Crippen molar-refractivity contribution in [2.24, 2.45) is 4.99 Å². The summed E-state index contributed by atoms with van der Waals surface area (Å²) in [5.41, 5.74) is 1.89. The zero-order valence-corrected chi connectivity index (χ0v) is 9.07. The summed E-state index contributed by atoms with van der Waals surface area (Å²) >= 11 is 0. The van der Waals surface area contributed by atoms with Gasteiger partial charge in [-0.25, -0.2) is 0 Å². The number of fused-ring (bicyclic) bond motifs is 1. The number of aromatic amines is 1. The van der Waals surface area contributed by atoms with Gasteiger partial charge in [-0.1, -0.05) is 0 Å². The molecule has 2 aromatic rings. The molecule has 0 saturated carbocycles. The van der Waals surface area contributed by atoms with E-state index in [0.29, 0.717) is 16.5 Å². The highest BCUT2D eigenvalue weighted by molar-refractivity contribution is 5.96. The topological polar surface area (TPSA) is 68.3 Å². The maximum Gasteiger partial charge on any atom is 0.189 e. The largest absolute Gasteiger partial charge is 0.858 e. The first kappa shape index (κ1) is 10.4. The summed E-state index contributed by atoms with van der Waals surface area (Å²) in [5, 5.41) is 12.1. The van der Waals surface area contributed by atoms with E-state index >= 15 is 0 Å². The molecular formula is C12H11N2O2-. The lowest BCUT2D eigenvalue weighted by molar-refractivity contribution is -0.213. The van der Waals surface area contributed by atoms with Crippen LogP contribution < -0.4 is 10.5 Å². The molecule has 1 N–H and O–H groups in total. The first-order valence-electron chi connectivity index (χ1n) is 4.89. The van der Waals surface area contributed by atoms with E-state index in [1.54, 1.807) is 25.3 Å². The standard InChI is InChI=1S/C12H12N2O2/c1-7-5-9-10(14-4-3-11(9)15)6-8(7)12(16)13-2/h3-6H,1-2H3,(H,13,16)(H,14,15)/p-1. The number of nitrogens with one attached hydrogen (secondary N) is 1. The van der Waals surface area contributed by atoms with E-state index < -0.39 is 0 Å². The number of benzene rings is 1. The Morgan fingerprint density at radius 1 is 1.44 bits per heavy atom. The van der Waals surface area contributed by atoms with Gasteiger partial charge in [-0.05, 0) is 36.1 Å². The first-order valence-corrected chi connectivity index (χ1v) is 4.89. The average molecular weight is 215 g/mol. The molecule has 1 aromatic carbocycles. The number of hydrogen-bond donors (Lipinski definition) is 1. The quantitative estimate of drug-likeness (QED) is 0.558. The number of aliphatic imine (C=N–C) groups is 1. The third-order valence-electron chi connectivity index (χ3n) is 2.54. The number of rotatable bonds is 1. The third kappa shape index (κ3) is 1.58. The van der Waals surface area contributed by atoms with Gasteiger partial charge in [-0.15, -0.1) is 0 Å². The summed E-state index contributed by atoms with van der Waals surface area (Å²) in [6, 6.07) is 4.85. The summed E-state index contributed by atoms with van der Waals surface area (Å²) in [7, 11) is 1.46. The van der Waals surface area contributed by atoms with Crippen LogP contribution in [-0.2, 0) is 0 Å². The van der Waals surface area contributed by atoms with Crippen LogP contribution in [-0.4, -0.2) is 17.9 Å². The van der Waals surface area contributed by atoms with Gasteiger partial charge < -0.3 is 15.1 Å². The predicted molar refractivity (Wildman–Crippen MR) is 61.8 cm³/mol. The summed E-state index contributed by atoms with van der Waals surface area (Å²) in [6.07, 6.45) is 1.57. The van der Waals surface area contributed by atoms with Crippen molar-refractivity contribution in [3.8, 4) is 0 Å². The van der Waals surface area contributed by atoms with Crippen LogP contribution >= 0.6 is 0 Å². The molecular weight excluding hydrogens is 204 g/mol. The van der Waals surface area contributed by atoms with Crippen molar-refractivity contribution in [2.75, 3.05) is 7.05 Å². The second-order valence-corrected chi connectivity index (χ2v) is 3.58. The van der Waals surface area contributed by atoms with Gasteiger partial charge in [-0.3, -0.25) is 4.79 Å². The fourth-order valence-electron chi connectivity index (χ4n) is 1.68. The normalized spacial score (nSPS) is 12.0. The molecule has 16 heavy (non-hydrogen) atoms. The number of hydrogen-bond acceptors (Lipinski definition) is 3. The Hall–Kier alpha value is -2.10. The maximum absolute atomic E-state index is 11.6. The molecule has 4 heteroatoms. The predicted octanol–water partition coefficient (Wildman–Crippen LogP) is 0.573. The van der Waals surface area contributed by atoms with Crippen LogP contribution in [0, 0.1) is 6.92 Å². The Bertz CT molecular complexity index is 626. The lowest BCUT2D eigenvalue weighted by Crippen LogP contribution is -2.20. The molecule has 0 aliphatic rings. The minimum atomic E-state index is -0.274. The van der Waals surface area contributed by atoms with Crippen molar-refractivity contribution in [1.82, 2.24) is 4.98 Å². The fourth-order valence-corrected chi connectivity index (χ4v) is 1.68. The molecule has 0 aliphatic carbocycles. The third-order valence-corrected chi connectivity index (χ3v) is 2.54. The minimum Gasteiger partial charge on any atom is -0.858 e. The monoisotopic (exact) mass is 215 g/mol. The molecule has 0 spiro atoms. The lowest BCUT2D eigenvalue weighted by atomic mass is 10.0. The molecule has 0 atom stereocenters. The van der Waals surface area contributed by atoms with Crippen molar-refractivity contribution in [3.63, 3.8) is 0 Å². The van der Waals surface area contributed by atoms with Crippen LogP contribution in [0.3, 0.4) is 0 Å². The molecule has 0 amide bonds. The average Bonchev–Trinajstić information content (AvgIpc) is 2.29. The highest BCUT2D eigenvalue weighted by Crippen LogP contribution is 2.14. The van der Waals surface area contributed by atoms with Crippen LogP contribution in [0.25, 0.3) is 10.9 Å². The van der Waals surface area contributed by atoms with Crippen LogP contribution in [0.4, 0.5) is 0 Å². The van der Waals surface area contributed by atoms with Crippen LogP contribution in [0.1, 0.15) is 11.1 Å². The van der Waals surface area contributed by atoms with Crippen LogP contribution in [0.2, 0.25) is 0 Å². The molecule has 1 heterocycles. The Kier molecular flexibility index (Phi) is 2.48. The smallest absolute Gasteiger partial charge is 0.189 e. The Morgan fingerprint density at radius 3 is 2.88 bits per heavy atom. The van der Waals surface area contributed by atoms with Crippen molar-refractivity contribution < 1.29 is 5.11 Å². The summed E-state index contributed by atoms with van der Waals surface area (Å²) < 4.78 is 0. The van der Waals surface area contributed by atoms with Crippen molar-refractivity contribution in [2.45, 2.75) is 6.92 Å². The minimum absolute atomic E-state index is 0.0516. The second-order valence-electron chi connectivity index (χ2n) is 3.58. The first-order chi connectivity index (χ1) is 7.63. The molecule has 2 rings (SSSR count). The number of aryl methyl sites for hydroxylation is 1. The van der Waals surface area contributed by atoms with Crippen molar-refractivity contribution >= 4 is 16.8 Å². The van der Waals surface area contributed by atoms with E-state index in [4.69, 9.17) is 0 Å². The SMILES string of the molecule is CN=C([O-])c1cc2[nH]ccc(=O)c2cc1C. The van der Waals surface area contributed by atoms with Gasteiger partial charge in [0.25, 0.3) is 0 Å². The number of aromatic nitrogens is 1. The number of nitrogens with zero attached hydrogens (tertiary/aromatic N) is 1. The highest BCUT2D eigenvalue weighted by atomic mass is 16.3. The van der Waals surface area contributed by atoms with Crippen molar-refractivity contribution in [1.29, 1.82) is 0 Å². The van der Waals surface area contributed by atoms with Gasteiger partial charge in [0.05, 0.1) is 0 Å². The van der Waals surface area contributed by atoms with E-state index in [0.717, 1.165) is 5.56 Å². The Labute approximate surface area is 92.3 Å². The van der Waals surface area contributed by atoms with E-state index in [2.05, 4.69) is 9.98 Å². The highest BCUT2D eigenvalue weighted by Gasteiger charge is 2.03. The Balaban J connectivity index is 2.83. The lowest BCUT2D eigenvalue weighted by Gasteiger charge is -2.13. The molecule has 1 aromatic heterocycles. The van der Waals surface area contributed by atoms with E-state index in [-0.39, 0.29) is 11.3 Å². The molecule has 0 saturated heterocycles.